The molecule has 2 unspecified atom stereocenters. The van der Waals surface area contributed by atoms with Gasteiger partial charge in [-0.2, -0.15) is 0 Å². The molecule has 0 radical (unpaired) electrons. The van der Waals surface area contributed by atoms with Gasteiger partial charge in [-0.3, -0.25) is 0 Å². The van der Waals surface area contributed by atoms with Crippen molar-refractivity contribution in [2.45, 2.75) is 63.3 Å². The van der Waals surface area contributed by atoms with Crippen molar-refractivity contribution < 1.29 is 28.7 Å². The van der Waals surface area contributed by atoms with Gasteiger partial charge in [0.15, 0.2) is 5.82 Å². The Morgan fingerprint density at radius 3 is 2.68 bits per heavy atom. The van der Waals surface area contributed by atoms with Gasteiger partial charge in [0.25, 0.3) is 0 Å². The van der Waals surface area contributed by atoms with Gasteiger partial charge in [0.1, 0.15) is 27.6 Å². The maximum absolute atomic E-state index is 14.7. The van der Waals surface area contributed by atoms with E-state index in [-0.39, 0.29) is 29.0 Å². The molecule has 0 spiro atoms. The zero-order chi connectivity index (χ0) is 28.6. The SMILES string of the molecule is C[C@H]1C[C@@H]2CC(O)(c3nc4c(F)cc(C(=O)O)cc4s3)C[C@H]1C2OCc1c(-c2c(Cl)cccc2Cl)noc1C1CC1. The van der Waals surface area contributed by atoms with Gasteiger partial charge >= 0.3 is 5.97 Å². The largest absolute Gasteiger partial charge is 0.478 e. The van der Waals surface area contributed by atoms with Crippen LogP contribution in [0.5, 0.6) is 0 Å². The highest BCUT2D eigenvalue weighted by atomic mass is 35.5. The van der Waals surface area contributed by atoms with E-state index in [1.807, 2.05) is 0 Å². The van der Waals surface area contributed by atoms with Crippen LogP contribution in [0.2, 0.25) is 10.0 Å². The fourth-order valence-corrected chi connectivity index (χ4v) is 8.56. The summed E-state index contributed by atoms with van der Waals surface area (Å²) in [5.74, 6) is -0.342. The summed E-state index contributed by atoms with van der Waals surface area (Å²) >= 11 is 14.2. The van der Waals surface area contributed by atoms with Gasteiger partial charge in [-0.15, -0.1) is 11.3 Å². The third-order valence-electron chi connectivity index (χ3n) is 8.95. The highest BCUT2D eigenvalue weighted by molar-refractivity contribution is 7.18. The number of carboxylic acid groups (broad SMARTS) is 1. The molecule has 0 amide bonds. The van der Waals surface area contributed by atoms with Crippen molar-refractivity contribution in [1.29, 1.82) is 0 Å². The Morgan fingerprint density at radius 2 is 2.00 bits per heavy atom. The van der Waals surface area contributed by atoms with Crippen molar-refractivity contribution >= 4 is 50.7 Å². The summed E-state index contributed by atoms with van der Waals surface area (Å²) in [6, 6.07) is 7.73. The number of thiazole rings is 1. The summed E-state index contributed by atoms with van der Waals surface area (Å²) in [6.07, 6.45) is 3.72. The van der Waals surface area contributed by atoms with Crippen molar-refractivity contribution in [2.24, 2.45) is 17.8 Å². The highest BCUT2D eigenvalue weighted by Gasteiger charge is 2.54. The Balaban J connectivity index is 1.16. The zero-order valence-corrected chi connectivity index (χ0v) is 24.4. The van der Waals surface area contributed by atoms with E-state index in [4.69, 9.17) is 32.5 Å². The monoisotopic (exact) mass is 616 g/mol. The lowest BCUT2D eigenvalue weighted by molar-refractivity contribution is -0.109. The number of nitrogens with zero attached hydrogens (tertiary/aromatic N) is 2. The van der Waals surface area contributed by atoms with E-state index in [0.29, 0.717) is 62.3 Å². The van der Waals surface area contributed by atoms with Gasteiger partial charge in [-0.25, -0.2) is 14.2 Å². The molecular formula is C30H27Cl2FN2O5S. The first-order valence-corrected chi connectivity index (χ1v) is 15.3. The quantitative estimate of drug-likeness (QED) is 0.218. The number of rotatable bonds is 7. The smallest absolute Gasteiger partial charge is 0.335 e. The van der Waals surface area contributed by atoms with Crippen molar-refractivity contribution in [1.82, 2.24) is 10.1 Å². The Hall–Kier alpha value is -2.56. The summed E-state index contributed by atoms with van der Waals surface area (Å²) in [5, 5.41) is 27.0. The molecule has 7 nitrogen and oxygen atoms in total. The van der Waals surface area contributed by atoms with Gasteiger partial charge in [0.05, 0.1) is 33.0 Å². The molecule has 3 fully saturated rings. The maximum Gasteiger partial charge on any atom is 0.335 e. The first-order valence-electron chi connectivity index (χ1n) is 13.7. The number of halogens is 3. The van der Waals surface area contributed by atoms with Crippen LogP contribution >= 0.6 is 34.5 Å². The molecule has 7 rings (SSSR count). The van der Waals surface area contributed by atoms with Crippen LogP contribution in [0.3, 0.4) is 0 Å². The minimum absolute atomic E-state index is 0.0572. The molecule has 2 bridgehead atoms. The molecule has 2 aromatic heterocycles. The molecule has 41 heavy (non-hydrogen) atoms. The molecule has 3 aliphatic carbocycles. The summed E-state index contributed by atoms with van der Waals surface area (Å²) in [6.45, 7) is 2.47. The lowest BCUT2D eigenvalue weighted by Crippen LogP contribution is -2.42. The fraction of sp³-hybridized carbons (Fsp3) is 0.433. The number of hydrogen-bond donors (Lipinski definition) is 2. The van der Waals surface area contributed by atoms with E-state index < -0.39 is 17.4 Å². The predicted octanol–water partition coefficient (Wildman–Crippen LogP) is 7.81. The number of fused-ring (bicyclic) bond motifs is 3. The van der Waals surface area contributed by atoms with E-state index >= 15 is 0 Å². The maximum atomic E-state index is 14.7. The first kappa shape index (κ1) is 27.3. The normalized spacial score (nSPS) is 27.5. The number of ether oxygens (including phenoxy) is 1. The average Bonchev–Trinajstić information content (AvgIpc) is 3.46. The van der Waals surface area contributed by atoms with Crippen LogP contribution in [0.25, 0.3) is 21.5 Å². The van der Waals surface area contributed by atoms with E-state index in [1.165, 1.54) is 6.07 Å². The molecule has 2 heterocycles. The molecule has 4 aromatic rings. The van der Waals surface area contributed by atoms with Crippen LogP contribution in [-0.4, -0.2) is 32.4 Å². The van der Waals surface area contributed by atoms with Crippen molar-refractivity contribution in [3.05, 3.63) is 68.1 Å². The minimum atomic E-state index is -1.24. The van der Waals surface area contributed by atoms with Crippen molar-refractivity contribution in [2.75, 3.05) is 0 Å². The summed E-state index contributed by atoms with van der Waals surface area (Å²) in [5.41, 5.74) is 0.812. The van der Waals surface area contributed by atoms with Gasteiger partial charge in [-0.05, 0) is 74.1 Å². The number of carboxylic acids is 1. The lowest BCUT2D eigenvalue weighted by Gasteiger charge is -2.40. The second-order valence-electron chi connectivity index (χ2n) is 11.7. The number of carbonyl (C=O) groups is 1. The topological polar surface area (TPSA) is 106 Å². The lowest BCUT2D eigenvalue weighted by atomic mass is 9.75. The van der Waals surface area contributed by atoms with Crippen molar-refractivity contribution in [3.63, 3.8) is 0 Å². The van der Waals surface area contributed by atoms with E-state index in [2.05, 4.69) is 17.1 Å². The number of aromatic nitrogens is 2. The predicted molar refractivity (Wildman–Crippen MR) is 153 cm³/mol. The molecule has 0 aliphatic heterocycles. The Kier molecular flexibility index (Phi) is 6.67. The van der Waals surface area contributed by atoms with Crippen LogP contribution in [-0.2, 0) is 16.9 Å². The summed E-state index contributed by atoms with van der Waals surface area (Å²) < 4.78 is 27.6. The number of aliphatic hydroxyl groups is 1. The van der Waals surface area contributed by atoms with Crippen LogP contribution in [0.4, 0.5) is 4.39 Å². The van der Waals surface area contributed by atoms with E-state index in [1.54, 1.807) is 18.2 Å². The summed E-state index contributed by atoms with van der Waals surface area (Å²) in [7, 11) is 0. The van der Waals surface area contributed by atoms with E-state index in [0.717, 1.165) is 48.0 Å². The summed E-state index contributed by atoms with van der Waals surface area (Å²) in [4.78, 5) is 15.9. The van der Waals surface area contributed by atoms with Crippen LogP contribution < -0.4 is 0 Å². The molecule has 11 heteroatoms. The second-order valence-corrected chi connectivity index (χ2v) is 13.6. The molecule has 5 atom stereocenters. The zero-order valence-electron chi connectivity index (χ0n) is 22.1. The number of benzene rings is 2. The fourth-order valence-electron chi connectivity index (χ4n) is 6.86. The third-order valence-corrected chi connectivity index (χ3v) is 10.8. The molecule has 2 aromatic carbocycles. The first-order chi connectivity index (χ1) is 19.6. The molecule has 214 valence electrons. The third kappa shape index (κ3) is 4.66. The number of aromatic carboxylic acids is 1. The minimum Gasteiger partial charge on any atom is -0.478 e. The molecule has 2 N–H and O–H groups in total. The van der Waals surface area contributed by atoms with E-state index in [9.17, 15) is 19.4 Å². The van der Waals surface area contributed by atoms with Crippen molar-refractivity contribution in [3.8, 4) is 11.3 Å². The molecule has 3 saturated carbocycles. The number of hydrogen-bond acceptors (Lipinski definition) is 7. The standard InChI is InChI=1S/C30H27Cl2FN2O5S/c1-13-7-16-10-30(38,29-34-25-21(33)8-15(28(36)37)9-22(25)41-29)11-17(13)26(16)39-12-18-24(35-40-27(18)14-5-6-14)23-19(31)3-2-4-20(23)32/h2-4,8-9,13-14,16-17,26,38H,5-7,10-12H2,1H3,(H,36,37)/t13-,16+,17+,26?,30?/m0/s1. The van der Waals surface area contributed by atoms with Gasteiger partial charge in [-0.1, -0.05) is 41.3 Å². The molecule has 3 aliphatic rings. The Labute approximate surface area is 249 Å². The van der Waals surface area contributed by atoms with Crippen LogP contribution in [0, 0.1) is 23.6 Å². The highest BCUT2D eigenvalue weighted by Crippen LogP contribution is 2.55. The Morgan fingerprint density at radius 1 is 1.24 bits per heavy atom. The van der Waals surface area contributed by atoms with Gasteiger partial charge in [0, 0.05) is 17.0 Å². The average molecular weight is 618 g/mol. The second kappa shape index (κ2) is 10.0. The Bertz CT molecular complexity index is 1670. The molecule has 0 saturated heterocycles. The van der Waals surface area contributed by atoms with Crippen LogP contribution in [0.15, 0.2) is 34.9 Å². The molecular weight excluding hydrogens is 590 g/mol. The van der Waals surface area contributed by atoms with Crippen LogP contribution in [0.1, 0.15) is 71.6 Å². The van der Waals surface area contributed by atoms with Gasteiger partial charge < -0.3 is 19.5 Å². The van der Waals surface area contributed by atoms with Gasteiger partial charge in [0.2, 0.25) is 0 Å².